The van der Waals surface area contributed by atoms with Crippen molar-refractivity contribution in [3.8, 4) is 5.75 Å². The van der Waals surface area contributed by atoms with E-state index in [4.69, 9.17) is 4.74 Å². The van der Waals surface area contributed by atoms with Crippen LogP contribution in [-0.2, 0) is 0 Å². The first-order valence-corrected chi connectivity index (χ1v) is 8.43. The van der Waals surface area contributed by atoms with Crippen molar-refractivity contribution in [3.63, 3.8) is 0 Å². The van der Waals surface area contributed by atoms with E-state index in [1.807, 2.05) is 6.07 Å². The monoisotopic (exact) mass is 290 g/mol. The number of rotatable bonds is 6. The summed E-state index contributed by atoms with van der Waals surface area (Å²) in [6.07, 6.45) is 5.21. The summed E-state index contributed by atoms with van der Waals surface area (Å²) in [7, 11) is 0. The molecule has 0 aromatic heterocycles. The molecule has 1 heterocycles. The van der Waals surface area contributed by atoms with Crippen LogP contribution in [0.25, 0.3) is 0 Å². The van der Waals surface area contributed by atoms with Crippen LogP contribution in [0, 0.1) is 0 Å². The van der Waals surface area contributed by atoms with Crippen LogP contribution in [-0.4, -0.2) is 36.7 Å². The molecule has 1 aromatic rings. The highest BCUT2D eigenvalue weighted by molar-refractivity contribution is 5.56. The average molecular weight is 290 g/mol. The molecule has 1 aliphatic heterocycles. The molecular formula is C18H30N2O. The summed E-state index contributed by atoms with van der Waals surface area (Å²) in [4.78, 5) is 2.60. The fourth-order valence-corrected chi connectivity index (χ4v) is 3.00. The zero-order valence-electron chi connectivity index (χ0n) is 13.8. The lowest BCUT2D eigenvalue weighted by Crippen LogP contribution is -2.27. The predicted molar refractivity (Wildman–Crippen MR) is 90.2 cm³/mol. The molecule has 0 aliphatic carbocycles. The van der Waals surface area contributed by atoms with E-state index in [-0.39, 0.29) is 6.10 Å². The third-order valence-corrected chi connectivity index (χ3v) is 3.97. The first-order chi connectivity index (χ1) is 10.2. The topological polar surface area (TPSA) is 24.5 Å². The number of ether oxygens (including phenoxy) is 1. The molecule has 3 nitrogen and oxygen atoms in total. The third-order valence-electron chi connectivity index (χ3n) is 3.97. The highest BCUT2D eigenvalue weighted by Gasteiger charge is 2.17. The van der Waals surface area contributed by atoms with Crippen molar-refractivity contribution in [3.05, 3.63) is 24.3 Å². The minimum Gasteiger partial charge on any atom is -0.489 e. The van der Waals surface area contributed by atoms with Gasteiger partial charge in [0, 0.05) is 12.6 Å². The number of nitrogens with zero attached hydrogens (tertiary/aromatic N) is 1. The van der Waals surface area contributed by atoms with E-state index in [2.05, 4.69) is 49.2 Å². The van der Waals surface area contributed by atoms with Crippen LogP contribution in [0.1, 0.15) is 46.5 Å². The summed E-state index contributed by atoms with van der Waals surface area (Å²) >= 11 is 0. The van der Waals surface area contributed by atoms with Gasteiger partial charge in [0.2, 0.25) is 0 Å². The second-order valence-corrected chi connectivity index (χ2v) is 6.28. The second-order valence-electron chi connectivity index (χ2n) is 6.28. The normalized spacial score (nSPS) is 20.3. The van der Waals surface area contributed by atoms with Gasteiger partial charge in [0.1, 0.15) is 5.75 Å². The van der Waals surface area contributed by atoms with Crippen LogP contribution >= 0.6 is 0 Å². The molecule has 1 N–H and O–H groups in total. The van der Waals surface area contributed by atoms with Gasteiger partial charge in [-0.25, -0.2) is 0 Å². The smallest absolute Gasteiger partial charge is 0.142 e. The van der Waals surface area contributed by atoms with Gasteiger partial charge in [-0.1, -0.05) is 19.1 Å². The Morgan fingerprint density at radius 3 is 2.81 bits per heavy atom. The lowest BCUT2D eigenvalue weighted by atomic mass is 10.1. The quantitative estimate of drug-likeness (QED) is 0.851. The minimum atomic E-state index is 0.210. The Bertz CT molecular complexity index is 419. The van der Waals surface area contributed by atoms with Crippen molar-refractivity contribution in [1.29, 1.82) is 0 Å². The Hall–Kier alpha value is -1.22. The lowest BCUT2D eigenvalue weighted by molar-refractivity contribution is 0.243. The molecule has 1 aliphatic rings. The molecule has 1 unspecified atom stereocenters. The Morgan fingerprint density at radius 2 is 2.05 bits per heavy atom. The zero-order chi connectivity index (χ0) is 15.1. The molecular weight excluding hydrogens is 260 g/mol. The van der Waals surface area contributed by atoms with Crippen molar-refractivity contribution in [2.45, 2.75) is 58.6 Å². The number of benzene rings is 1. The lowest BCUT2D eigenvalue weighted by Gasteiger charge is -2.22. The predicted octanol–water partition coefficient (Wildman–Crippen LogP) is 4.15. The molecule has 0 spiro atoms. The molecule has 0 amide bonds. The third kappa shape index (κ3) is 5.24. The fourth-order valence-electron chi connectivity index (χ4n) is 3.00. The van der Waals surface area contributed by atoms with Gasteiger partial charge >= 0.3 is 0 Å². The SMILES string of the molecule is CCCN1CCCC(Nc2ccccc2OC(C)C)CC1. The highest BCUT2D eigenvalue weighted by atomic mass is 16.5. The second kappa shape index (κ2) is 8.28. The molecule has 2 rings (SSSR count). The largest absolute Gasteiger partial charge is 0.489 e. The Balaban J connectivity index is 1.95. The van der Waals surface area contributed by atoms with Crippen molar-refractivity contribution < 1.29 is 4.74 Å². The fraction of sp³-hybridized carbons (Fsp3) is 0.667. The van der Waals surface area contributed by atoms with E-state index < -0.39 is 0 Å². The van der Waals surface area contributed by atoms with Gasteiger partial charge in [0.25, 0.3) is 0 Å². The number of anilines is 1. The highest BCUT2D eigenvalue weighted by Crippen LogP contribution is 2.27. The maximum Gasteiger partial charge on any atom is 0.142 e. The zero-order valence-corrected chi connectivity index (χ0v) is 13.8. The summed E-state index contributed by atoms with van der Waals surface area (Å²) in [6, 6.07) is 8.87. The standard InChI is InChI=1S/C18H30N2O/c1-4-12-20-13-7-8-16(11-14-20)19-17-9-5-6-10-18(17)21-15(2)3/h5-6,9-10,15-16,19H,4,7-8,11-14H2,1-3H3. The number of hydrogen-bond acceptors (Lipinski definition) is 3. The molecule has 1 saturated heterocycles. The minimum absolute atomic E-state index is 0.210. The Kier molecular flexibility index (Phi) is 6.37. The van der Waals surface area contributed by atoms with Crippen LogP contribution in [0.3, 0.4) is 0 Å². The first kappa shape index (κ1) is 16.2. The molecule has 0 saturated carbocycles. The van der Waals surface area contributed by atoms with Gasteiger partial charge in [0.05, 0.1) is 11.8 Å². The van der Waals surface area contributed by atoms with Gasteiger partial charge in [-0.2, -0.15) is 0 Å². The van der Waals surface area contributed by atoms with E-state index in [1.54, 1.807) is 0 Å². The van der Waals surface area contributed by atoms with E-state index >= 15 is 0 Å². The van der Waals surface area contributed by atoms with E-state index in [0.717, 1.165) is 11.4 Å². The summed E-state index contributed by atoms with van der Waals surface area (Å²) < 4.78 is 5.90. The van der Waals surface area contributed by atoms with Crippen molar-refractivity contribution in [2.75, 3.05) is 25.0 Å². The maximum absolute atomic E-state index is 5.90. The average Bonchev–Trinajstić information content (AvgIpc) is 2.67. The number of hydrogen-bond donors (Lipinski definition) is 1. The number of likely N-dealkylation sites (tertiary alicyclic amines) is 1. The molecule has 3 heteroatoms. The van der Waals surface area contributed by atoms with Gasteiger partial charge < -0.3 is 15.0 Å². The van der Waals surface area contributed by atoms with Crippen LogP contribution < -0.4 is 10.1 Å². The summed E-state index contributed by atoms with van der Waals surface area (Å²) in [6.45, 7) is 10.1. The van der Waals surface area contributed by atoms with Crippen LogP contribution in [0.2, 0.25) is 0 Å². The van der Waals surface area contributed by atoms with Crippen LogP contribution in [0.15, 0.2) is 24.3 Å². The molecule has 118 valence electrons. The molecule has 1 fully saturated rings. The van der Waals surface area contributed by atoms with Crippen molar-refractivity contribution in [1.82, 2.24) is 4.90 Å². The molecule has 1 aromatic carbocycles. The molecule has 1 atom stereocenters. The van der Waals surface area contributed by atoms with Gasteiger partial charge in [-0.15, -0.1) is 0 Å². The number of para-hydroxylation sites is 2. The van der Waals surface area contributed by atoms with E-state index in [9.17, 15) is 0 Å². The van der Waals surface area contributed by atoms with E-state index in [1.165, 1.54) is 45.3 Å². The maximum atomic E-state index is 5.90. The molecule has 21 heavy (non-hydrogen) atoms. The summed E-state index contributed by atoms with van der Waals surface area (Å²) in [5, 5.41) is 3.71. The summed E-state index contributed by atoms with van der Waals surface area (Å²) in [5.41, 5.74) is 1.14. The van der Waals surface area contributed by atoms with Crippen molar-refractivity contribution >= 4 is 5.69 Å². The van der Waals surface area contributed by atoms with Crippen LogP contribution in [0.4, 0.5) is 5.69 Å². The first-order valence-electron chi connectivity index (χ1n) is 8.43. The Labute approximate surface area is 129 Å². The van der Waals surface area contributed by atoms with Crippen molar-refractivity contribution in [2.24, 2.45) is 0 Å². The van der Waals surface area contributed by atoms with Crippen LogP contribution in [0.5, 0.6) is 5.75 Å². The molecule has 0 radical (unpaired) electrons. The molecule has 0 bridgehead atoms. The van der Waals surface area contributed by atoms with Gasteiger partial charge in [-0.05, 0) is 64.8 Å². The van der Waals surface area contributed by atoms with Gasteiger partial charge in [-0.3, -0.25) is 0 Å². The van der Waals surface area contributed by atoms with Gasteiger partial charge in [0.15, 0.2) is 0 Å². The summed E-state index contributed by atoms with van der Waals surface area (Å²) in [5.74, 6) is 0.974. The Morgan fingerprint density at radius 1 is 1.24 bits per heavy atom. The van der Waals surface area contributed by atoms with E-state index in [0.29, 0.717) is 6.04 Å². The number of nitrogens with one attached hydrogen (secondary N) is 1.